The van der Waals surface area contributed by atoms with E-state index in [4.69, 9.17) is 15.5 Å². The second kappa shape index (κ2) is 6.02. The molecule has 0 atom stereocenters. The Morgan fingerprint density at radius 2 is 1.90 bits per heavy atom. The summed E-state index contributed by atoms with van der Waals surface area (Å²) in [6, 6.07) is 7.75. The zero-order valence-electron chi connectivity index (χ0n) is 12.0. The van der Waals surface area contributed by atoms with E-state index >= 15 is 0 Å². The largest absolute Gasteiger partial charge is 0.496 e. The van der Waals surface area contributed by atoms with Gasteiger partial charge >= 0.3 is 0 Å². The smallest absolute Gasteiger partial charge is 0.165 e. The number of ether oxygens (including phenoxy) is 1. The molecule has 5 heteroatoms. The van der Waals surface area contributed by atoms with Gasteiger partial charge in [0.2, 0.25) is 0 Å². The number of hydrogen-bond acceptors (Lipinski definition) is 4. The van der Waals surface area contributed by atoms with Crippen molar-refractivity contribution in [3.63, 3.8) is 0 Å². The molecule has 1 aromatic heterocycles. The Hall–Kier alpha value is -1.62. The van der Waals surface area contributed by atoms with Crippen molar-refractivity contribution in [3.8, 4) is 17.1 Å². The van der Waals surface area contributed by atoms with Crippen molar-refractivity contribution in [2.45, 2.75) is 31.6 Å². The first-order valence-corrected chi connectivity index (χ1v) is 7.96. The number of hydrogen-bond donors (Lipinski definition) is 1. The van der Waals surface area contributed by atoms with E-state index in [0.717, 1.165) is 21.5 Å². The SMILES string of the molecule is COc1ccccc1-c1nc(N)c(Br)c(C2CCCC2)n1. The van der Waals surface area contributed by atoms with Gasteiger partial charge in [-0.1, -0.05) is 25.0 Å². The normalized spacial score (nSPS) is 15.3. The molecule has 0 aliphatic heterocycles. The van der Waals surface area contributed by atoms with E-state index in [1.54, 1.807) is 7.11 Å². The number of aromatic nitrogens is 2. The molecule has 0 unspecified atom stereocenters. The number of methoxy groups -OCH3 is 1. The average molecular weight is 348 g/mol. The van der Waals surface area contributed by atoms with Crippen LogP contribution in [0.2, 0.25) is 0 Å². The van der Waals surface area contributed by atoms with Crippen LogP contribution in [0.3, 0.4) is 0 Å². The van der Waals surface area contributed by atoms with Crippen LogP contribution in [0.15, 0.2) is 28.7 Å². The number of benzene rings is 1. The third kappa shape index (κ3) is 2.75. The molecule has 2 N–H and O–H groups in total. The summed E-state index contributed by atoms with van der Waals surface area (Å²) >= 11 is 3.55. The van der Waals surface area contributed by atoms with Gasteiger partial charge in [0, 0.05) is 5.92 Å². The summed E-state index contributed by atoms with van der Waals surface area (Å²) in [6.45, 7) is 0. The van der Waals surface area contributed by atoms with Crippen LogP contribution < -0.4 is 10.5 Å². The molecule has 1 fully saturated rings. The second-order valence-electron chi connectivity index (χ2n) is 5.31. The van der Waals surface area contributed by atoms with Crippen molar-refractivity contribution in [2.75, 3.05) is 12.8 Å². The third-order valence-corrected chi connectivity index (χ3v) is 4.80. The van der Waals surface area contributed by atoms with Crippen LogP contribution in [0, 0.1) is 0 Å². The van der Waals surface area contributed by atoms with Gasteiger partial charge in [-0.15, -0.1) is 0 Å². The summed E-state index contributed by atoms with van der Waals surface area (Å²) in [6.07, 6.45) is 4.84. The number of rotatable bonds is 3. The molecule has 4 nitrogen and oxygen atoms in total. The molecule has 0 amide bonds. The number of para-hydroxylation sites is 1. The van der Waals surface area contributed by atoms with Gasteiger partial charge < -0.3 is 10.5 Å². The highest BCUT2D eigenvalue weighted by atomic mass is 79.9. The predicted molar refractivity (Wildman–Crippen MR) is 87.3 cm³/mol. The van der Waals surface area contributed by atoms with E-state index in [-0.39, 0.29) is 0 Å². The summed E-state index contributed by atoms with van der Waals surface area (Å²) in [5.41, 5.74) is 7.98. The van der Waals surface area contributed by atoms with Gasteiger partial charge in [-0.2, -0.15) is 0 Å². The van der Waals surface area contributed by atoms with Crippen molar-refractivity contribution >= 4 is 21.7 Å². The van der Waals surface area contributed by atoms with Crippen molar-refractivity contribution in [2.24, 2.45) is 0 Å². The van der Waals surface area contributed by atoms with Gasteiger partial charge in [0.1, 0.15) is 11.6 Å². The van der Waals surface area contributed by atoms with Gasteiger partial charge in [-0.05, 0) is 40.9 Å². The molecule has 110 valence electrons. The first-order valence-electron chi connectivity index (χ1n) is 7.17. The molecule has 1 aromatic carbocycles. The van der Waals surface area contributed by atoms with Gasteiger partial charge in [-0.25, -0.2) is 9.97 Å². The Morgan fingerprint density at radius 1 is 1.19 bits per heavy atom. The maximum Gasteiger partial charge on any atom is 0.165 e. The van der Waals surface area contributed by atoms with Gasteiger partial charge in [0.25, 0.3) is 0 Å². The number of nitrogens with two attached hydrogens (primary N) is 1. The molecular formula is C16H18BrN3O. The minimum absolute atomic E-state index is 0.470. The average Bonchev–Trinajstić information content (AvgIpc) is 3.04. The van der Waals surface area contributed by atoms with E-state index < -0.39 is 0 Å². The van der Waals surface area contributed by atoms with Crippen LogP contribution in [0.4, 0.5) is 5.82 Å². The van der Waals surface area contributed by atoms with E-state index in [0.29, 0.717) is 17.6 Å². The molecule has 1 saturated carbocycles. The summed E-state index contributed by atoms with van der Waals surface area (Å²) in [5.74, 6) is 2.36. The van der Waals surface area contributed by atoms with Crippen molar-refractivity contribution in [1.82, 2.24) is 9.97 Å². The van der Waals surface area contributed by atoms with E-state index in [1.807, 2.05) is 24.3 Å². The molecule has 21 heavy (non-hydrogen) atoms. The molecule has 1 aliphatic rings. The highest BCUT2D eigenvalue weighted by Crippen LogP contribution is 2.39. The molecule has 1 aliphatic carbocycles. The molecule has 3 rings (SSSR count). The fourth-order valence-corrected chi connectivity index (χ4v) is 3.40. The molecular weight excluding hydrogens is 330 g/mol. The summed E-state index contributed by atoms with van der Waals surface area (Å²) < 4.78 is 6.24. The summed E-state index contributed by atoms with van der Waals surface area (Å²) in [7, 11) is 1.65. The maximum atomic E-state index is 6.08. The quantitative estimate of drug-likeness (QED) is 0.905. The summed E-state index contributed by atoms with van der Waals surface area (Å²) in [4.78, 5) is 9.20. The van der Waals surface area contributed by atoms with Crippen LogP contribution >= 0.6 is 15.9 Å². The number of nitrogens with zero attached hydrogens (tertiary/aromatic N) is 2. The van der Waals surface area contributed by atoms with Gasteiger partial charge in [0.15, 0.2) is 5.82 Å². The van der Waals surface area contributed by atoms with Crippen molar-refractivity contribution in [1.29, 1.82) is 0 Å². The lowest BCUT2D eigenvalue weighted by Gasteiger charge is -2.15. The Bertz CT molecular complexity index is 654. The fraction of sp³-hybridized carbons (Fsp3) is 0.375. The molecule has 2 aromatic rings. The van der Waals surface area contributed by atoms with E-state index in [1.165, 1.54) is 25.7 Å². The topological polar surface area (TPSA) is 61.0 Å². The molecule has 0 bridgehead atoms. The lowest BCUT2D eigenvalue weighted by Crippen LogP contribution is -2.06. The first kappa shape index (κ1) is 14.3. The molecule has 0 radical (unpaired) electrons. The number of halogens is 1. The summed E-state index contributed by atoms with van der Waals surface area (Å²) in [5, 5.41) is 0. The molecule has 1 heterocycles. The number of nitrogen functional groups attached to an aromatic ring is 1. The zero-order valence-corrected chi connectivity index (χ0v) is 13.6. The van der Waals surface area contributed by atoms with Gasteiger partial charge in [-0.3, -0.25) is 0 Å². The van der Waals surface area contributed by atoms with Crippen molar-refractivity contribution in [3.05, 3.63) is 34.4 Å². The first-order chi connectivity index (χ1) is 10.2. The maximum absolute atomic E-state index is 6.08. The van der Waals surface area contributed by atoms with E-state index in [2.05, 4.69) is 20.9 Å². The second-order valence-corrected chi connectivity index (χ2v) is 6.11. The Balaban J connectivity index is 2.11. The highest BCUT2D eigenvalue weighted by molar-refractivity contribution is 9.10. The minimum atomic E-state index is 0.470. The fourth-order valence-electron chi connectivity index (χ4n) is 2.90. The zero-order chi connectivity index (χ0) is 14.8. The molecule has 0 saturated heterocycles. The molecule has 0 spiro atoms. The third-order valence-electron chi connectivity index (χ3n) is 3.99. The van der Waals surface area contributed by atoms with E-state index in [9.17, 15) is 0 Å². The monoisotopic (exact) mass is 347 g/mol. The van der Waals surface area contributed by atoms with Crippen LogP contribution in [-0.4, -0.2) is 17.1 Å². The van der Waals surface area contributed by atoms with Crippen LogP contribution in [0.1, 0.15) is 37.3 Å². The lowest BCUT2D eigenvalue weighted by molar-refractivity contribution is 0.416. The Morgan fingerprint density at radius 3 is 2.62 bits per heavy atom. The highest BCUT2D eigenvalue weighted by Gasteiger charge is 2.24. The Kier molecular flexibility index (Phi) is 4.10. The number of anilines is 1. The Labute approximate surface area is 132 Å². The van der Waals surface area contributed by atoms with Crippen LogP contribution in [0.5, 0.6) is 5.75 Å². The standard InChI is InChI=1S/C16H18BrN3O/c1-21-12-9-5-4-8-11(12)16-19-14(10-6-2-3-7-10)13(17)15(18)20-16/h4-5,8-10H,2-3,6-7H2,1H3,(H2,18,19,20). The van der Waals surface area contributed by atoms with Crippen LogP contribution in [-0.2, 0) is 0 Å². The van der Waals surface area contributed by atoms with Gasteiger partial charge in [0.05, 0.1) is 22.8 Å². The van der Waals surface area contributed by atoms with Crippen molar-refractivity contribution < 1.29 is 4.74 Å². The minimum Gasteiger partial charge on any atom is -0.496 e. The van der Waals surface area contributed by atoms with Crippen LogP contribution in [0.25, 0.3) is 11.4 Å². The predicted octanol–water partition coefficient (Wildman–Crippen LogP) is 4.15. The lowest BCUT2D eigenvalue weighted by atomic mass is 10.0.